The quantitative estimate of drug-likeness (QED) is 0.841. The predicted molar refractivity (Wildman–Crippen MR) is 101 cm³/mol. The Morgan fingerprint density at radius 2 is 2.00 bits per heavy atom. The van der Waals surface area contributed by atoms with Gasteiger partial charge in [-0.05, 0) is 18.1 Å². The molecule has 3 rings (SSSR count). The minimum atomic E-state index is -0.461. The van der Waals surface area contributed by atoms with Crippen molar-refractivity contribution in [3.63, 3.8) is 0 Å². The van der Waals surface area contributed by atoms with E-state index in [2.05, 4.69) is 15.3 Å². The summed E-state index contributed by atoms with van der Waals surface area (Å²) in [5, 5.41) is 2.83. The molecule has 1 aromatic heterocycles. The van der Waals surface area contributed by atoms with Crippen LogP contribution in [-0.4, -0.2) is 52.9 Å². The highest BCUT2D eigenvalue weighted by Gasteiger charge is 2.35. The van der Waals surface area contributed by atoms with Crippen LogP contribution in [0, 0.1) is 5.92 Å². The lowest BCUT2D eigenvalue weighted by Gasteiger charge is -2.37. The van der Waals surface area contributed by atoms with E-state index >= 15 is 0 Å². The summed E-state index contributed by atoms with van der Waals surface area (Å²) in [4.78, 5) is 34.9. The normalized spacial score (nSPS) is 17.0. The average molecular weight is 369 g/mol. The zero-order valence-electron chi connectivity index (χ0n) is 15.6. The summed E-state index contributed by atoms with van der Waals surface area (Å²) in [6, 6.07) is 8.26. The maximum Gasteiger partial charge on any atom is 0.254 e. The van der Waals surface area contributed by atoms with Gasteiger partial charge in [-0.3, -0.25) is 9.59 Å². The number of carbonyl (C=O) groups excluding carboxylic acids is 2. The zero-order chi connectivity index (χ0) is 19.6. The average Bonchev–Trinajstić information content (AvgIpc) is 2.66. The molecule has 0 bridgehead atoms. The molecule has 2 aromatic rings. The van der Waals surface area contributed by atoms with E-state index in [1.54, 1.807) is 35.2 Å². The summed E-state index contributed by atoms with van der Waals surface area (Å²) >= 11 is 0. The molecule has 0 unspecified atom stereocenters. The molecule has 1 aromatic carbocycles. The summed E-state index contributed by atoms with van der Waals surface area (Å²) in [5.74, 6) is 0.255. The van der Waals surface area contributed by atoms with E-state index in [9.17, 15) is 9.59 Å². The van der Waals surface area contributed by atoms with Gasteiger partial charge >= 0.3 is 0 Å². The number of nitrogens with one attached hydrogen (secondary N) is 1. The van der Waals surface area contributed by atoms with Gasteiger partial charge in [-0.2, -0.15) is 4.98 Å². The van der Waals surface area contributed by atoms with Crippen LogP contribution in [0.1, 0.15) is 24.2 Å². The molecule has 0 spiro atoms. The van der Waals surface area contributed by atoms with Crippen LogP contribution in [-0.2, 0) is 4.79 Å². The molecule has 8 nitrogen and oxygen atoms in total. The van der Waals surface area contributed by atoms with Gasteiger partial charge in [0, 0.05) is 30.3 Å². The summed E-state index contributed by atoms with van der Waals surface area (Å²) in [7, 11) is 1.51. The number of anilines is 1. The number of ether oxygens (including phenoxy) is 1. The van der Waals surface area contributed by atoms with Crippen LogP contribution in [0.4, 0.5) is 5.95 Å². The van der Waals surface area contributed by atoms with Crippen molar-refractivity contribution in [2.24, 2.45) is 5.92 Å². The van der Waals surface area contributed by atoms with Crippen LogP contribution >= 0.6 is 0 Å². The van der Waals surface area contributed by atoms with Crippen molar-refractivity contribution in [1.82, 2.24) is 20.2 Å². The molecule has 27 heavy (non-hydrogen) atoms. The molecule has 1 atom stereocenters. The highest BCUT2D eigenvalue weighted by Crippen LogP contribution is 2.23. The fourth-order valence-electron chi connectivity index (χ4n) is 3.22. The minimum Gasteiger partial charge on any atom is -0.481 e. The first-order chi connectivity index (χ1) is 12.9. The van der Waals surface area contributed by atoms with E-state index in [0.29, 0.717) is 30.2 Å². The number of benzene rings is 1. The molecule has 2 amide bonds. The number of piperazine rings is 1. The third kappa shape index (κ3) is 3.84. The molecule has 1 aliphatic rings. The van der Waals surface area contributed by atoms with Crippen LogP contribution in [0.2, 0.25) is 0 Å². The Bertz CT molecular complexity index is 851. The van der Waals surface area contributed by atoms with E-state index < -0.39 is 6.04 Å². The highest BCUT2D eigenvalue weighted by atomic mass is 16.5. The van der Waals surface area contributed by atoms with Crippen LogP contribution in [0.25, 0.3) is 11.3 Å². The molecule has 8 heteroatoms. The number of nitrogen functional groups attached to an aromatic ring is 1. The number of carbonyl (C=O) groups is 2. The maximum atomic E-state index is 12.9. The van der Waals surface area contributed by atoms with Gasteiger partial charge in [0.2, 0.25) is 17.7 Å². The van der Waals surface area contributed by atoms with Gasteiger partial charge in [0.25, 0.3) is 5.91 Å². The Hall–Kier alpha value is -3.16. The molecular formula is C19H23N5O3. The first kappa shape index (κ1) is 18.6. The number of nitrogens with zero attached hydrogens (tertiary/aromatic N) is 3. The summed E-state index contributed by atoms with van der Waals surface area (Å²) < 4.78 is 5.11. The lowest BCUT2D eigenvalue weighted by Crippen LogP contribution is -2.59. The molecule has 1 fully saturated rings. The van der Waals surface area contributed by atoms with Crippen LogP contribution in [0.5, 0.6) is 5.88 Å². The Morgan fingerprint density at radius 3 is 2.63 bits per heavy atom. The zero-order valence-corrected chi connectivity index (χ0v) is 15.6. The SMILES string of the molecule is COc1cc(-c2ccc(C(=O)N3CCNC(=O)[C@@H]3C(C)C)cc2)nc(N)n1. The topological polar surface area (TPSA) is 110 Å². The van der Waals surface area contributed by atoms with E-state index in [4.69, 9.17) is 10.5 Å². The van der Waals surface area contributed by atoms with Crippen molar-refractivity contribution in [2.75, 3.05) is 25.9 Å². The van der Waals surface area contributed by atoms with Crippen molar-refractivity contribution in [3.8, 4) is 17.1 Å². The van der Waals surface area contributed by atoms with Gasteiger partial charge in [-0.25, -0.2) is 4.98 Å². The number of methoxy groups -OCH3 is 1. The molecule has 3 N–H and O–H groups in total. The molecule has 0 saturated carbocycles. The molecule has 142 valence electrons. The van der Waals surface area contributed by atoms with Crippen molar-refractivity contribution < 1.29 is 14.3 Å². The second kappa shape index (κ2) is 7.61. The number of hydrogen-bond donors (Lipinski definition) is 2. The first-order valence-electron chi connectivity index (χ1n) is 8.78. The summed E-state index contributed by atoms with van der Waals surface area (Å²) in [6.45, 7) is 4.83. The summed E-state index contributed by atoms with van der Waals surface area (Å²) in [6.07, 6.45) is 0. The standard InChI is InChI=1S/C19H23N5O3/c1-11(2)16-17(25)21-8-9-24(16)18(26)13-6-4-12(5-7-13)14-10-15(27-3)23-19(20)22-14/h4-7,10-11,16H,8-9H2,1-3H3,(H,21,25)(H2,20,22,23)/t16-/m0/s1. The Morgan fingerprint density at radius 1 is 1.30 bits per heavy atom. The van der Waals surface area contributed by atoms with Gasteiger partial charge in [-0.15, -0.1) is 0 Å². The second-order valence-corrected chi connectivity index (χ2v) is 6.71. The first-order valence-corrected chi connectivity index (χ1v) is 8.78. The Labute approximate surface area is 157 Å². The molecule has 0 radical (unpaired) electrons. The number of aromatic nitrogens is 2. The summed E-state index contributed by atoms with van der Waals surface area (Å²) in [5.41, 5.74) is 7.62. The monoisotopic (exact) mass is 369 g/mol. The number of hydrogen-bond acceptors (Lipinski definition) is 6. The fraction of sp³-hybridized carbons (Fsp3) is 0.368. The lowest BCUT2D eigenvalue weighted by atomic mass is 9.98. The van der Waals surface area contributed by atoms with Crippen molar-refractivity contribution >= 4 is 17.8 Å². The van der Waals surface area contributed by atoms with Gasteiger partial charge in [-0.1, -0.05) is 26.0 Å². The van der Waals surface area contributed by atoms with Crippen LogP contribution < -0.4 is 15.8 Å². The van der Waals surface area contributed by atoms with E-state index in [1.807, 2.05) is 13.8 Å². The van der Waals surface area contributed by atoms with Gasteiger partial charge in [0.1, 0.15) is 6.04 Å². The van der Waals surface area contributed by atoms with Crippen LogP contribution in [0.15, 0.2) is 30.3 Å². The molecular weight excluding hydrogens is 346 g/mol. The van der Waals surface area contributed by atoms with Gasteiger partial charge < -0.3 is 20.7 Å². The van der Waals surface area contributed by atoms with E-state index in [1.165, 1.54) is 7.11 Å². The molecule has 1 saturated heterocycles. The fourth-order valence-corrected chi connectivity index (χ4v) is 3.22. The highest BCUT2D eigenvalue weighted by molar-refractivity contribution is 5.98. The number of nitrogens with two attached hydrogens (primary N) is 1. The van der Waals surface area contributed by atoms with Crippen molar-refractivity contribution in [2.45, 2.75) is 19.9 Å². The van der Waals surface area contributed by atoms with Gasteiger partial charge in [0.05, 0.1) is 12.8 Å². The molecule has 0 aliphatic carbocycles. The predicted octanol–water partition coefficient (Wildman–Crippen LogP) is 1.33. The second-order valence-electron chi connectivity index (χ2n) is 6.71. The third-order valence-electron chi connectivity index (χ3n) is 4.51. The van der Waals surface area contributed by atoms with E-state index in [0.717, 1.165) is 5.56 Å². The Kier molecular flexibility index (Phi) is 5.25. The minimum absolute atomic E-state index is 0.0324. The number of rotatable bonds is 4. The molecule has 2 heterocycles. The lowest BCUT2D eigenvalue weighted by molar-refractivity contribution is -0.129. The largest absolute Gasteiger partial charge is 0.481 e. The smallest absolute Gasteiger partial charge is 0.254 e. The van der Waals surface area contributed by atoms with Crippen molar-refractivity contribution in [3.05, 3.63) is 35.9 Å². The van der Waals surface area contributed by atoms with E-state index in [-0.39, 0.29) is 23.7 Å². The maximum absolute atomic E-state index is 12.9. The Balaban J connectivity index is 1.85. The third-order valence-corrected chi connectivity index (χ3v) is 4.51. The van der Waals surface area contributed by atoms with Crippen molar-refractivity contribution in [1.29, 1.82) is 0 Å². The molecule has 1 aliphatic heterocycles. The van der Waals surface area contributed by atoms with Gasteiger partial charge in [0.15, 0.2) is 0 Å². The number of amides is 2. The van der Waals surface area contributed by atoms with Crippen LogP contribution in [0.3, 0.4) is 0 Å².